The second-order valence-electron chi connectivity index (χ2n) is 8.04. The minimum Gasteiger partial charge on any atom is -0.339 e. The number of aromatic nitrogens is 2. The van der Waals surface area contributed by atoms with Crippen molar-refractivity contribution in [2.75, 3.05) is 0 Å². The van der Waals surface area contributed by atoms with E-state index in [0.29, 0.717) is 18.1 Å². The van der Waals surface area contributed by atoms with Crippen molar-refractivity contribution in [3.8, 4) is 11.3 Å². The zero-order chi connectivity index (χ0) is 19.7. The van der Waals surface area contributed by atoms with E-state index in [0.717, 1.165) is 53.5 Å². The standard InChI is InChI=1S/C23H26FN3O/c1-14(25)15-5-7-16(8-6-15)22(28)12-17-9-10-26-23-20(17)13-21(27-23)18-3-2-4-19(24)11-18/h2-4,9-11,13-16H,5-8,12,25H2,1H3,(H,26,27)/t14-,15?,16?/m1/s1. The summed E-state index contributed by atoms with van der Waals surface area (Å²) in [6.07, 6.45) is 6.07. The summed E-state index contributed by atoms with van der Waals surface area (Å²) in [5, 5.41) is 0.930. The van der Waals surface area contributed by atoms with E-state index in [9.17, 15) is 9.18 Å². The third kappa shape index (κ3) is 3.85. The van der Waals surface area contributed by atoms with Crippen molar-refractivity contribution in [1.29, 1.82) is 0 Å². The molecule has 1 aliphatic rings. The topological polar surface area (TPSA) is 71.8 Å². The van der Waals surface area contributed by atoms with Gasteiger partial charge in [0, 0.05) is 41.2 Å². The van der Waals surface area contributed by atoms with E-state index in [-0.39, 0.29) is 17.8 Å². The first-order valence-corrected chi connectivity index (χ1v) is 10.0. The summed E-state index contributed by atoms with van der Waals surface area (Å²) in [4.78, 5) is 20.5. The van der Waals surface area contributed by atoms with Gasteiger partial charge in [0.2, 0.25) is 0 Å². The predicted molar refractivity (Wildman–Crippen MR) is 109 cm³/mol. The first-order valence-electron chi connectivity index (χ1n) is 10.0. The van der Waals surface area contributed by atoms with E-state index in [1.165, 1.54) is 12.1 Å². The minimum atomic E-state index is -0.276. The van der Waals surface area contributed by atoms with Crippen LogP contribution in [0.5, 0.6) is 0 Å². The fourth-order valence-electron chi connectivity index (χ4n) is 4.35. The third-order valence-corrected chi connectivity index (χ3v) is 6.09. The van der Waals surface area contributed by atoms with Crippen molar-refractivity contribution in [2.24, 2.45) is 17.6 Å². The molecule has 2 aromatic heterocycles. The summed E-state index contributed by atoms with van der Waals surface area (Å²) in [6, 6.07) is 10.5. The molecule has 1 atom stereocenters. The van der Waals surface area contributed by atoms with Crippen molar-refractivity contribution >= 4 is 16.8 Å². The average molecular weight is 379 g/mol. The summed E-state index contributed by atoms with van der Waals surface area (Å²) in [5.41, 5.74) is 9.29. The second kappa shape index (κ2) is 7.84. The van der Waals surface area contributed by atoms with Crippen molar-refractivity contribution in [3.63, 3.8) is 0 Å². The van der Waals surface area contributed by atoms with Crippen LogP contribution in [0.1, 0.15) is 38.2 Å². The third-order valence-electron chi connectivity index (χ3n) is 6.09. The van der Waals surface area contributed by atoms with Crippen LogP contribution in [-0.4, -0.2) is 21.8 Å². The van der Waals surface area contributed by atoms with E-state index in [2.05, 4.69) is 16.9 Å². The molecule has 4 nitrogen and oxygen atoms in total. The Hall–Kier alpha value is -2.53. The molecular formula is C23H26FN3O. The van der Waals surface area contributed by atoms with Gasteiger partial charge in [-0.2, -0.15) is 0 Å². The summed E-state index contributed by atoms with van der Waals surface area (Å²) >= 11 is 0. The summed E-state index contributed by atoms with van der Waals surface area (Å²) in [6.45, 7) is 2.06. The van der Waals surface area contributed by atoms with E-state index < -0.39 is 0 Å². The van der Waals surface area contributed by atoms with Gasteiger partial charge in [-0.3, -0.25) is 4.79 Å². The number of benzene rings is 1. The van der Waals surface area contributed by atoms with Crippen LogP contribution in [-0.2, 0) is 11.2 Å². The maximum absolute atomic E-state index is 13.6. The molecular weight excluding hydrogens is 353 g/mol. The molecule has 3 aromatic rings. The number of pyridine rings is 1. The number of hydrogen-bond donors (Lipinski definition) is 2. The van der Waals surface area contributed by atoms with Gasteiger partial charge in [-0.15, -0.1) is 0 Å². The maximum atomic E-state index is 13.6. The number of nitrogens with two attached hydrogens (primary N) is 1. The lowest BCUT2D eigenvalue weighted by molar-refractivity contribution is -0.123. The molecule has 0 radical (unpaired) electrons. The van der Waals surface area contributed by atoms with Gasteiger partial charge in [-0.1, -0.05) is 12.1 Å². The Morgan fingerprint density at radius 1 is 1.25 bits per heavy atom. The van der Waals surface area contributed by atoms with Crippen LogP contribution < -0.4 is 5.73 Å². The van der Waals surface area contributed by atoms with Crippen LogP contribution in [0.25, 0.3) is 22.3 Å². The van der Waals surface area contributed by atoms with Gasteiger partial charge in [0.15, 0.2) is 0 Å². The van der Waals surface area contributed by atoms with Gasteiger partial charge in [0.25, 0.3) is 0 Å². The molecule has 28 heavy (non-hydrogen) atoms. The van der Waals surface area contributed by atoms with Crippen LogP contribution in [0.3, 0.4) is 0 Å². The Labute approximate surface area is 164 Å². The molecule has 0 amide bonds. The summed E-state index contributed by atoms with van der Waals surface area (Å²) in [5.74, 6) is 0.682. The number of carbonyl (C=O) groups excluding carboxylic acids is 1. The monoisotopic (exact) mass is 379 g/mol. The van der Waals surface area contributed by atoms with E-state index in [1.807, 2.05) is 18.2 Å². The van der Waals surface area contributed by atoms with Gasteiger partial charge in [0.1, 0.15) is 17.2 Å². The average Bonchev–Trinajstić information content (AvgIpc) is 3.13. The summed E-state index contributed by atoms with van der Waals surface area (Å²) in [7, 11) is 0. The zero-order valence-electron chi connectivity index (χ0n) is 16.1. The molecule has 1 aromatic carbocycles. The number of fused-ring (bicyclic) bond motifs is 1. The number of ketones is 1. The Morgan fingerprint density at radius 2 is 2.04 bits per heavy atom. The molecule has 146 valence electrons. The van der Waals surface area contributed by atoms with E-state index >= 15 is 0 Å². The normalized spacial score (nSPS) is 21.0. The molecule has 0 spiro atoms. The molecule has 0 bridgehead atoms. The number of nitrogens with one attached hydrogen (secondary N) is 1. The molecule has 2 heterocycles. The highest BCUT2D eigenvalue weighted by atomic mass is 19.1. The molecule has 0 unspecified atom stereocenters. The van der Waals surface area contributed by atoms with Crippen molar-refractivity contribution in [2.45, 2.75) is 45.1 Å². The van der Waals surface area contributed by atoms with Crippen LogP contribution in [0.4, 0.5) is 4.39 Å². The first-order chi connectivity index (χ1) is 13.5. The molecule has 4 rings (SSSR count). The number of Topliss-reactive ketones (excluding diaryl/α,β-unsaturated/α-hetero) is 1. The van der Waals surface area contributed by atoms with Gasteiger partial charge in [0.05, 0.1) is 0 Å². The molecule has 0 saturated heterocycles. The number of aromatic amines is 1. The Balaban J connectivity index is 1.54. The van der Waals surface area contributed by atoms with E-state index in [4.69, 9.17) is 5.73 Å². The first kappa shape index (κ1) is 18.8. The number of H-pyrrole nitrogens is 1. The van der Waals surface area contributed by atoms with Crippen molar-refractivity contribution in [3.05, 3.63) is 54.0 Å². The lowest BCUT2D eigenvalue weighted by Gasteiger charge is -2.30. The predicted octanol–water partition coefficient (Wildman–Crippen LogP) is 4.63. The fourth-order valence-corrected chi connectivity index (χ4v) is 4.35. The minimum absolute atomic E-state index is 0.125. The molecule has 1 fully saturated rings. The van der Waals surface area contributed by atoms with Crippen LogP contribution >= 0.6 is 0 Å². The Kier molecular flexibility index (Phi) is 5.27. The zero-order valence-corrected chi connectivity index (χ0v) is 16.1. The van der Waals surface area contributed by atoms with Crippen LogP contribution in [0, 0.1) is 17.7 Å². The van der Waals surface area contributed by atoms with Crippen LogP contribution in [0.15, 0.2) is 42.6 Å². The number of halogens is 1. The second-order valence-corrected chi connectivity index (χ2v) is 8.04. The lowest BCUT2D eigenvalue weighted by Crippen LogP contribution is -2.32. The summed E-state index contributed by atoms with van der Waals surface area (Å²) < 4.78 is 13.6. The number of carbonyl (C=O) groups is 1. The van der Waals surface area contributed by atoms with Crippen molar-refractivity contribution < 1.29 is 9.18 Å². The highest BCUT2D eigenvalue weighted by Gasteiger charge is 2.28. The molecule has 3 N–H and O–H groups in total. The Morgan fingerprint density at radius 3 is 2.75 bits per heavy atom. The largest absolute Gasteiger partial charge is 0.339 e. The maximum Gasteiger partial charge on any atom is 0.140 e. The van der Waals surface area contributed by atoms with Crippen molar-refractivity contribution in [1.82, 2.24) is 9.97 Å². The van der Waals surface area contributed by atoms with Gasteiger partial charge in [-0.05, 0) is 68.4 Å². The molecule has 5 heteroatoms. The smallest absolute Gasteiger partial charge is 0.140 e. The molecule has 0 aliphatic heterocycles. The van der Waals surface area contributed by atoms with Gasteiger partial charge in [-0.25, -0.2) is 9.37 Å². The number of nitrogens with zero attached hydrogens (tertiary/aromatic N) is 1. The van der Waals surface area contributed by atoms with Gasteiger partial charge >= 0.3 is 0 Å². The van der Waals surface area contributed by atoms with E-state index in [1.54, 1.807) is 12.3 Å². The fraction of sp³-hybridized carbons (Fsp3) is 0.391. The highest BCUT2D eigenvalue weighted by Crippen LogP contribution is 2.32. The van der Waals surface area contributed by atoms with Gasteiger partial charge < -0.3 is 10.7 Å². The highest BCUT2D eigenvalue weighted by molar-refractivity contribution is 5.91. The number of rotatable bonds is 5. The quantitative estimate of drug-likeness (QED) is 0.679. The lowest BCUT2D eigenvalue weighted by atomic mass is 9.76. The Bertz CT molecular complexity index is 986. The van der Waals surface area contributed by atoms with Crippen LogP contribution in [0.2, 0.25) is 0 Å². The molecule has 1 saturated carbocycles. The SMILES string of the molecule is C[C@@H](N)C1CCC(C(=O)Cc2ccnc3[nH]c(-c4cccc(F)c4)cc23)CC1. The molecule has 1 aliphatic carbocycles. The number of hydrogen-bond acceptors (Lipinski definition) is 3.